The molecule has 0 aliphatic rings. The van der Waals surface area contributed by atoms with Gasteiger partial charge in [-0.15, -0.1) is 11.3 Å². The first kappa shape index (κ1) is 22.5. The van der Waals surface area contributed by atoms with Crippen molar-refractivity contribution < 1.29 is 18.7 Å². The number of hydrazine groups is 1. The monoisotopic (exact) mass is 479 g/mol. The predicted molar refractivity (Wildman–Crippen MR) is 128 cm³/mol. The minimum absolute atomic E-state index is 0.0276. The van der Waals surface area contributed by atoms with Crippen LogP contribution in [0.2, 0.25) is 0 Å². The largest absolute Gasteiger partial charge is 0.486 e. The number of carbonyl (C=O) groups excluding carboxylic acids is 2. The van der Waals surface area contributed by atoms with Crippen LogP contribution in [0.4, 0.5) is 0 Å². The van der Waals surface area contributed by atoms with Crippen LogP contribution < -0.4 is 15.6 Å². The van der Waals surface area contributed by atoms with E-state index in [0.29, 0.717) is 15.5 Å². The number of aromatic nitrogens is 1. The Kier molecular flexibility index (Phi) is 7.01. The number of ether oxygens (including phenoxy) is 1. The van der Waals surface area contributed by atoms with Gasteiger partial charge < -0.3 is 13.7 Å². The molecular formula is C24H21N3O4S2. The summed E-state index contributed by atoms with van der Waals surface area (Å²) in [6.45, 7) is 2.17. The van der Waals surface area contributed by atoms with Crippen LogP contribution in [0.15, 0.2) is 76.5 Å². The summed E-state index contributed by atoms with van der Waals surface area (Å²) in [6, 6.07) is 20.4. The molecule has 7 nitrogen and oxygen atoms in total. The topological polar surface area (TPSA) is 85.5 Å². The van der Waals surface area contributed by atoms with Gasteiger partial charge in [-0.3, -0.25) is 20.4 Å². The fraction of sp³-hybridized carbons (Fsp3) is 0.125. The minimum atomic E-state index is -0.568. The zero-order chi connectivity index (χ0) is 23.2. The van der Waals surface area contributed by atoms with E-state index in [4.69, 9.17) is 21.4 Å². The standard InChI is InChI=1S/C24H21N3O4S2/c1-16-7-9-17(10-8-16)20-15-33-24(32)27(20)13-22(28)25-26-23(29)21-12-11-19(31-21)14-30-18-5-3-2-4-6-18/h2-12,15H,13-14H2,1H3,(H,25,28)(H,26,29). The summed E-state index contributed by atoms with van der Waals surface area (Å²) in [5.74, 6) is 0.272. The zero-order valence-corrected chi connectivity index (χ0v) is 19.4. The number of aryl methyl sites for hydroxylation is 1. The Bertz CT molecular complexity index is 1310. The fourth-order valence-corrected chi connectivity index (χ4v) is 4.12. The van der Waals surface area contributed by atoms with Crippen LogP contribution in [0.25, 0.3) is 11.3 Å². The number of hydrogen-bond acceptors (Lipinski definition) is 6. The summed E-state index contributed by atoms with van der Waals surface area (Å²) >= 11 is 6.76. The van der Waals surface area contributed by atoms with Crippen molar-refractivity contribution >= 4 is 35.4 Å². The maximum Gasteiger partial charge on any atom is 0.305 e. The van der Waals surface area contributed by atoms with Gasteiger partial charge in [-0.1, -0.05) is 48.0 Å². The number of furan rings is 1. The lowest BCUT2D eigenvalue weighted by Crippen LogP contribution is -2.43. The van der Waals surface area contributed by atoms with Crippen molar-refractivity contribution in [1.82, 2.24) is 15.4 Å². The van der Waals surface area contributed by atoms with Gasteiger partial charge in [0.05, 0.1) is 5.69 Å². The van der Waals surface area contributed by atoms with Crippen LogP contribution in [0.1, 0.15) is 21.9 Å². The summed E-state index contributed by atoms with van der Waals surface area (Å²) in [4.78, 5) is 24.8. The average molecular weight is 480 g/mol. The van der Waals surface area contributed by atoms with Gasteiger partial charge in [-0.05, 0) is 49.0 Å². The van der Waals surface area contributed by atoms with Crippen molar-refractivity contribution in [2.75, 3.05) is 0 Å². The molecule has 2 heterocycles. The van der Waals surface area contributed by atoms with Crippen molar-refractivity contribution in [3.63, 3.8) is 0 Å². The summed E-state index contributed by atoms with van der Waals surface area (Å²) < 4.78 is 13.4. The Labute approximate surface area is 199 Å². The first-order chi connectivity index (χ1) is 16.0. The lowest BCUT2D eigenvalue weighted by molar-refractivity contribution is -0.122. The Morgan fingerprint density at radius 1 is 1.03 bits per heavy atom. The molecule has 2 aromatic heterocycles. The lowest BCUT2D eigenvalue weighted by atomic mass is 10.1. The Balaban J connectivity index is 1.32. The molecule has 9 heteroatoms. The second-order valence-corrected chi connectivity index (χ2v) is 8.71. The molecule has 0 unspecified atom stereocenters. The van der Waals surface area contributed by atoms with Gasteiger partial charge in [0, 0.05) is 5.38 Å². The molecule has 0 spiro atoms. The third-order valence-electron chi connectivity index (χ3n) is 4.76. The van der Waals surface area contributed by atoms with E-state index >= 15 is 0 Å². The summed E-state index contributed by atoms with van der Waals surface area (Å²) in [5, 5.41) is 1.92. The molecule has 4 aromatic rings. The molecule has 2 N–H and O–H groups in total. The number of amides is 2. The van der Waals surface area contributed by atoms with E-state index in [1.165, 1.54) is 17.4 Å². The van der Waals surface area contributed by atoms with Gasteiger partial charge in [0.15, 0.2) is 9.71 Å². The van der Waals surface area contributed by atoms with E-state index in [1.807, 2.05) is 66.9 Å². The number of carbonyl (C=O) groups is 2. The van der Waals surface area contributed by atoms with Crippen molar-refractivity contribution in [3.05, 3.63) is 93.1 Å². The van der Waals surface area contributed by atoms with Gasteiger partial charge in [-0.25, -0.2) is 0 Å². The quantitative estimate of drug-likeness (QED) is 0.291. The van der Waals surface area contributed by atoms with E-state index in [0.717, 1.165) is 16.8 Å². The second kappa shape index (κ2) is 10.3. The molecule has 0 saturated carbocycles. The van der Waals surface area contributed by atoms with Crippen LogP contribution in [-0.2, 0) is 17.9 Å². The molecule has 0 aliphatic carbocycles. The highest BCUT2D eigenvalue weighted by Gasteiger charge is 2.15. The maximum absolute atomic E-state index is 12.5. The van der Waals surface area contributed by atoms with Gasteiger partial charge in [0.2, 0.25) is 0 Å². The lowest BCUT2D eigenvalue weighted by Gasteiger charge is -2.10. The number of nitrogens with one attached hydrogen (secondary N) is 2. The molecule has 168 valence electrons. The number of hydrogen-bond donors (Lipinski definition) is 2. The molecule has 0 fully saturated rings. The Hall–Kier alpha value is -3.69. The third-order valence-corrected chi connectivity index (χ3v) is 6.03. The van der Waals surface area contributed by atoms with Crippen molar-refractivity contribution in [2.45, 2.75) is 20.1 Å². The van der Waals surface area contributed by atoms with Gasteiger partial charge >= 0.3 is 5.91 Å². The van der Waals surface area contributed by atoms with E-state index in [1.54, 1.807) is 10.6 Å². The number of para-hydroxylation sites is 1. The highest BCUT2D eigenvalue weighted by Crippen LogP contribution is 2.24. The van der Waals surface area contributed by atoms with Gasteiger partial charge in [0.1, 0.15) is 24.7 Å². The highest BCUT2D eigenvalue weighted by molar-refractivity contribution is 7.73. The molecule has 2 amide bonds. The highest BCUT2D eigenvalue weighted by atomic mass is 32.1. The molecule has 0 radical (unpaired) electrons. The Morgan fingerprint density at radius 2 is 1.79 bits per heavy atom. The first-order valence-electron chi connectivity index (χ1n) is 10.1. The number of thiazole rings is 1. The van der Waals surface area contributed by atoms with E-state index in [2.05, 4.69) is 10.9 Å². The average Bonchev–Trinajstić information content (AvgIpc) is 3.45. The van der Waals surface area contributed by atoms with Gasteiger partial charge in [0.25, 0.3) is 5.91 Å². The molecular weight excluding hydrogens is 458 g/mol. The van der Waals surface area contributed by atoms with Gasteiger partial charge in [-0.2, -0.15) is 0 Å². The van der Waals surface area contributed by atoms with Crippen molar-refractivity contribution in [1.29, 1.82) is 0 Å². The summed E-state index contributed by atoms with van der Waals surface area (Å²) in [6.07, 6.45) is 0. The third kappa shape index (κ3) is 5.76. The molecule has 0 aliphatic heterocycles. The fourth-order valence-electron chi connectivity index (χ4n) is 3.05. The first-order valence-corrected chi connectivity index (χ1v) is 11.4. The number of rotatable bonds is 7. The van der Waals surface area contributed by atoms with Crippen LogP contribution in [-0.4, -0.2) is 16.4 Å². The molecule has 2 aromatic carbocycles. The molecule has 0 atom stereocenters. The Morgan fingerprint density at radius 3 is 2.55 bits per heavy atom. The van der Waals surface area contributed by atoms with Crippen LogP contribution in [0.3, 0.4) is 0 Å². The summed E-state index contributed by atoms with van der Waals surface area (Å²) in [5.41, 5.74) is 7.73. The maximum atomic E-state index is 12.5. The van der Waals surface area contributed by atoms with E-state index < -0.39 is 11.8 Å². The molecule has 4 rings (SSSR count). The molecule has 0 bridgehead atoms. The van der Waals surface area contributed by atoms with Crippen LogP contribution >= 0.6 is 23.6 Å². The molecule has 0 saturated heterocycles. The predicted octanol–water partition coefficient (Wildman–Crippen LogP) is 4.89. The van der Waals surface area contributed by atoms with Crippen molar-refractivity contribution in [2.24, 2.45) is 0 Å². The van der Waals surface area contributed by atoms with Crippen molar-refractivity contribution in [3.8, 4) is 17.0 Å². The van der Waals surface area contributed by atoms with E-state index in [9.17, 15) is 9.59 Å². The second-order valence-electron chi connectivity index (χ2n) is 7.21. The van der Waals surface area contributed by atoms with Crippen LogP contribution in [0.5, 0.6) is 5.75 Å². The minimum Gasteiger partial charge on any atom is -0.486 e. The molecule has 33 heavy (non-hydrogen) atoms. The van der Waals surface area contributed by atoms with E-state index in [-0.39, 0.29) is 18.9 Å². The van der Waals surface area contributed by atoms with Crippen LogP contribution in [0, 0.1) is 10.9 Å². The smallest absolute Gasteiger partial charge is 0.305 e. The summed E-state index contributed by atoms with van der Waals surface area (Å²) in [7, 11) is 0. The number of nitrogens with zero attached hydrogens (tertiary/aromatic N) is 1. The normalized spacial score (nSPS) is 10.6. The SMILES string of the molecule is Cc1ccc(-c2csc(=S)n2CC(=O)NNC(=O)c2ccc(COc3ccccc3)o2)cc1. The zero-order valence-electron chi connectivity index (χ0n) is 17.7. The number of benzene rings is 2.